The fourth-order valence-corrected chi connectivity index (χ4v) is 1.92. The Morgan fingerprint density at radius 1 is 1.10 bits per heavy atom. The molecule has 20 heavy (non-hydrogen) atoms. The molecule has 0 amide bonds. The molecule has 1 heterocycles. The van der Waals surface area contributed by atoms with E-state index in [-0.39, 0.29) is 5.57 Å². The average Bonchev–Trinajstić information content (AvgIpc) is 2.96. The second-order valence-electron chi connectivity index (χ2n) is 3.73. The van der Waals surface area contributed by atoms with Gasteiger partial charge in [0.2, 0.25) is 0 Å². The van der Waals surface area contributed by atoms with Crippen LogP contribution >= 0.6 is 11.3 Å². The van der Waals surface area contributed by atoms with Crippen molar-refractivity contribution in [3.63, 3.8) is 0 Å². The molecule has 0 radical (unpaired) electrons. The highest BCUT2D eigenvalue weighted by Gasteiger charge is 2.01. The molecule has 0 aliphatic heterocycles. The molecule has 1 N–H and O–H groups in total. The standard InChI is InChI=1S/C17H10O2S/c18-17(19)15(8-4-9-16-10-5-13-20-16)12-11-14-6-2-1-3-7-14/h1-3,5-8,10,13H,(H,18,19)/b15-8+. The van der Waals surface area contributed by atoms with Crippen molar-refractivity contribution in [2.45, 2.75) is 0 Å². The van der Waals surface area contributed by atoms with Crippen LogP contribution in [0, 0.1) is 23.7 Å². The summed E-state index contributed by atoms with van der Waals surface area (Å²) in [7, 11) is 0. The van der Waals surface area contributed by atoms with E-state index >= 15 is 0 Å². The van der Waals surface area contributed by atoms with Gasteiger partial charge in [0.1, 0.15) is 5.57 Å². The Labute approximate surface area is 121 Å². The monoisotopic (exact) mass is 278 g/mol. The first-order valence-electron chi connectivity index (χ1n) is 5.81. The number of benzene rings is 1. The first kappa shape index (κ1) is 13.7. The fraction of sp³-hybridized carbons (Fsp3) is 0. The van der Waals surface area contributed by atoms with E-state index in [1.54, 1.807) is 0 Å². The molecular formula is C17H10O2S. The lowest BCUT2D eigenvalue weighted by molar-refractivity contribution is -0.132. The van der Waals surface area contributed by atoms with Crippen molar-refractivity contribution >= 4 is 17.3 Å². The summed E-state index contributed by atoms with van der Waals surface area (Å²) in [6, 6.07) is 13.0. The van der Waals surface area contributed by atoms with Crippen LogP contribution in [0.1, 0.15) is 10.4 Å². The molecule has 0 unspecified atom stereocenters. The van der Waals surface area contributed by atoms with Gasteiger partial charge in [0.15, 0.2) is 0 Å². The Kier molecular flexibility index (Phi) is 4.78. The van der Waals surface area contributed by atoms with E-state index in [1.165, 1.54) is 17.4 Å². The SMILES string of the molecule is O=C(O)/C(C#Cc1ccccc1)=C/C#Cc1cccs1. The van der Waals surface area contributed by atoms with Crippen LogP contribution in [0.3, 0.4) is 0 Å². The molecule has 96 valence electrons. The number of hydrogen-bond acceptors (Lipinski definition) is 2. The molecule has 0 bridgehead atoms. The van der Waals surface area contributed by atoms with Crippen LogP contribution in [0.5, 0.6) is 0 Å². The first-order chi connectivity index (χ1) is 9.75. The Morgan fingerprint density at radius 2 is 1.90 bits per heavy atom. The third-order valence-electron chi connectivity index (χ3n) is 2.28. The van der Waals surface area contributed by atoms with E-state index in [0.717, 1.165) is 10.4 Å². The molecular weight excluding hydrogens is 268 g/mol. The summed E-state index contributed by atoms with van der Waals surface area (Å²) in [5.41, 5.74) is 0.753. The topological polar surface area (TPSA) is 37.3 Å². The summed E-state index contributed by atoms with van der Waals surface area (Å²) >= 11 is 1.51. The van der Waals surface area contributed by atoms with Gasteiger partial charge in [-0.05, 0) is 23.6 Å². The van der Waals surface area contributed by atoms with Crippen LogP contribution in [0.15, 0.2) is 59.5 Å². The molecule has 2 rings (SSSR count). The second kappa shape index (κ2) is 6.99. The third kappa shape index (κ3) is 4.17. The summed E-state index contributed by atoms with van der Waals surface area (Å²) in [5.74, 6) is 9.95. The van der Waals surface area contributed by atoms with Crippen molar-refractivity contribution in [1.82, 2.24) is 0 Å². The minimum Gasteiger partial charge on any atom is -0.477 e. The largest absolute Gasteiger partial charge is 0.477 e. The Hall–Kier alpha value is -2.75. The van der Waals surface area contributed by atoms with Crippen molar-refractivity contribution in [3.8, 4) is 23.7 Å². The van der Waals surface area contributed by atoms with Gasteiger partial charge in [-0.1, -0.05) is 47.9 Å². The highest BCUT2D eigenvalue weighted by molar-refractivity contribution is 7.10. The third-order valence-corrected chi connectivity index (χ3v) is 3.06. The number of allylic oxidation sites excluding steroid dienone is 1. The van der Waals surface area contributed by atoms with Gasteiger partial charge in [-0.25, -0.2) is 4.79 Å². The molecule has 0 saturated heterocycles. The van der Waals surface area contributed by atoms with Crippen LogP contribution in [0.25, 0.3) is 0 Å². The lowest BCUT2D eigenvalue weighted by Crippen LogP contribution is -1.97. The van der Waals surface area contributed by atoms with Crippen LogP contribution in [-0.4, -0.2) is 11.1 Å². The molecule has 3 heteroatoms. The van der Waals surface area contributed by atoms with Crippen molar-refractivity contribution in [2.24, 2.45) is 0 Å². The molecule has 0 aliphatic rings. The number of hydrogen-bond donors (Lipinski definition) is 1. The first-order valence-corrected chi connectivity index (χ1v) is 6.69. The lowest BCUT2D eigenvalue weighted by Gasteiger charge is -1.89. The number of carbonyl (C=O) groups is 1. The van der Waals surface area contributed by atoms with Crippen molar-refractivity contribution in [1.29, 1.82) is 0 Å². The van der Waals surface area contributed by atoms with E-state index in [0.29, 0.717) is 0 Å². The quantitative estimate of drug-likeness (QED) is 0.642. The molecule has 1 aromatic carbocycles. The summed E-state index contributed by atoms with van der Waals surface area (Å²) in [6.07, 6.45) is 1.33. The summed E-state index contributed by atoms with van der Waals surface area (Å²) in [4.78, 5) is 12.0. The molecule has 0 aliphatic carbocycles. The van der Waals surface area contributed by atoms with Crippen molar-refractivity contribution in [3.05, 3.63) is 69.9 Å². The Bertz CT molecular complexity index is 733. The zero-order valence-corrected chi connectivity index (χ0v) is 11.3. The molecule has 2 aromatic rings. The summed E-state index contributed by atoms with van der Waals surface area (Å²) in [6.45, 7) is 0. The minimum absolute atomic E-state index is 0.0158. The molecule has 1 aromatic heterocycles. The molecule has 0 fully saturated rings. The zero-order chi connectivity index (χ0) is 14.2. The van der Waals surface area contributed by atoms with Crippen molar-refractivity contribution < 1.29 is 9.90 Å². The highest BCUT2D eigenvalue weighted by Crippen LogP contribution is 2.05. The lowest BCUT2D eigenvalue weighted by atomic mass is 10.2. The number of carboxylic acid groups (broad SMARTS) is 1. The molecule has 2 nitrogen and oxygen atoms in total. The maximum absolute atomic E-state index is 11.1. The highest BCUT2D eigenvalue weighted by atomic mass is 32.1. The van der Waals surface area contributed by atoms with Gasteiger partial charge in [0.25, 0.3) is 0 Å². The predicted molar refractivity (Wildman–Crippen MR) is 80.2 cm³/mol. The maximum Gasteiger partial charge on any atom is 0.344 e. The van der Waals surface area contributed by atoms with Gasteiger partial charge < -0.3 is 5.11 Å². The van der Waals surface area contributed by atoms with E-state index in [4.69, 9.17) is 5.11 Å². The van der Waals surface area contributed by atoms with Crippen molar-refractivity contribution in [2.75, 3.05) is 0 Å². The Balaban J connectivity index is 2.20. The van der Waals surface area contributed by atoms with Gasteiger partial charge >= 0.3 is 5.97 Å². The number of rotatable bonds is 1. The number of thiophene rings is 1. The van der Waals surface area contributed by atoms with Gasteiger partial charge in [0.05, 0.1) is 4.88 Å². The maximum atomic E-state index is 11.1. The van der Waals surface area contributed by atoms with Gasteiger partial charge in [0, 0.05) is 11.6 Å². The van der Waals surface area contributed by atoms with E-state index < -0.39 is 5.97 Å². The summed E-state index contributed by atoms with van der Waals surface area (Å²) < 4.78 is 0. The number of carboxylic acids is 1. The normalized spacial score (nSPS) is 9.90. The second-order valence-corrected chi connectivity index (χ2v) is 4.67. The minimum atomic E-state index is -1.08. The van der Waals surface area contributed by atoms with Gasteiger partial charge in [-0.15, -0.1) is 11.3 Å². The average molecular weight is 278 g/mol. The van der Waals surface area contributed by atoms with E-state index in [2.05, 4.69) is 23.7 Å². The molecule has 0 atom stereocenters. The Morgan fingerprint density at radius 3 is 2.55 bits per heavy atom. The van der Waals surface area contributed by atoms with Gasteiger partial charge in [-0.3, -0.25) is 0 Å². The molecule has 0 saturated carbocycles. The molecule has 0 spiro atoms. The summed E-state index contributed by atoms with van der Waals surface area (Å²) in [5, 5.41) is 11.0. The van der Waals surface area contributed by atoms with Crippen LogP contribution in [0.2, 0.25) is 0 Å². The smallest absolute Gasteiger partial charge is 0.344 e. The van der Waals surface area contributed by atoms with E-state index in [9.17, 15) is 4.79 Å². The predicted octanol–water partition coefficient (Wildman–Crippen LogP) is 3.16. The number of aliphatic carboxylic acids is 1. The zero-order valence-electron chi connectivity index (χ0n) is 10.5. The van der Waals surface area contributed by atoms with Crippen LogP contribution < -0.4 is 0 Å². The van der Waals surface area contributed by atoms with Gasteiger partial charge in [-0.2, -0.15) is 0 Å². The fourth-order valence-electron chi connectivity index (χ4n) is 1.34. The van der Waals surface area contributed by atoms with Crippen LogP contribution in [0.4, 0.5) is 0 Å². The van der Waals surface area contributed by atoms with Crippen LogP contribution in [-0.2, 0) is 4.79 Å². The van der Waals surface area contributed by atoms with E-state index in [1.807, 2.05) is 47.8 Å².